The quantitative estimate of drug-likeness (QED) is 0.823. The number of rotatable bonds is 5. The van der Waals surface area contributed by atoms with Gasteiger partial charge in [-0.15, -0.1) is 0 Å². The Morgan fingerprint density at radius 2 is 2.08 bits per heavy atom. The standard InChI is InChI=1S/C20H25FN4O/c1-14-12-25(19-7-8-22-20(23-19)16-4-5-16)10-9-24(14)13-15-3-6-18(26-2)17(21)11-15/h3,6-8,11,14,16H,4-5,9-10,12-13H2,1-2H3. The molecule has 1 aromatic heterocycles. The smallest absolute Gasteiger partial charge is 0.165 e. The van der Waals surface area contributed by atoms with Gasteiger partial charge in [0, 0.05) is 44.3 Å². The molecule has 2 heterocycles. The van der Waals surface area contributed by atoms with E-state index in [1.165, 1.54) is 20.0 Å². The fraction of sp³-hybridized carbons (Fsp3) is 0.500. The molecular formula is C20H25FN4O. The molecule has 0 amide bonds. The average Bonchev–Trinajstić information content (AvgIpc) is 3.49. The Hall–Kier alpha value is -2.21. The number of ether oxygens (including phenoxy) is 1. The second-order valence-electron chi connectivity index (χ2n) is 7.28. The van der Waals surface area contributed by atoms with Gasteiger partial charge in [-0.25, -0.2) is 14.4 Å². The van der Waals surface area contributed by atoms with Crippen molar-refractivity contribution in [1.29, 1.82) is 0 Å². The number of methoxy groups -OCH3 is 1. The highest BCUT2D eigenvalue weighted by Gasteiger charge is 2.29. The Bertz CT molecular complexity index is 780. The highest BCUT2D eigenvalue weighted by atomic mass is 19.1. The van der Waals surface area contributed by atoms with Crippen molar-refractivity contribution in [2.24, 2.45) is 0 Å². The molecule has 1 aliphatic heterocycles. The zero-order valence-electron chi connectivity index (χ0n) is 15.4. The molecule has 1 aromatic carbocycles. The highest BCUT2D eigenvalue weighted by Crippen LogP contribution is 2.38. The molecule has 0 bridgehead atoms. The van der Waals surface area contributed by atoms with Crippen LogP contribution in [0.25, 0.3) is 0 Å². The molecule has 6 heteroatoms. The first-order chi connectivity index (χ1) is 12.6. The molecular weight excluding hydrogens is 331 g/mol. The maximum absolute atomic E-state index is 13.9. The van der Waals surface area contributed by atoms with Crippen LogP contribution in [0, 0.1) is 5.82 Å². The van der Waals surface area contributed by atoms with E-state index in [2.05, 4.69) is 21.7 Å². The molecule has 26 heavy (non-hydrogen) atoms. The number of benzene rings is 1. The maximum Gasteiger partial charge on any atom is 0.165 e. The summed E-state index contributed by atoms with van der Waals surface area (Å²) in [5.41, 5.74) is 0.974. The van der Waals surface area contributed by atoms with Crippen LogP contribution in [0.3, 0.4) is 0 Å². The lowest BCUT2D eigenvalue weighted by atomic mass is 10.1. The third-order valence-electron chi connectivity index (χ3n) is 5.29. The zero-order valence-corrected chi connectivity index (χ0v) is 15.4. The molecule has 5 nitrogen and oxygen atoms in total. The number of anilines is 1. The van der Waals surface area contributed by atoms with Crippen LogP contribution in [-0.2, 0) is 6.54 Å². The zero-order chi connectivity index (χ0) is 18.1. The monoisotopic (exact) mass is 356 g/mol. The van der Waals surface area contributed by atoms with Crippen LogP contribution in [-0.4, -0.2) is 47.7 Å². The number of nitrogens with zero attached hydrogens (tertiary/aromatic N) is 4. The summed E-state index contributed by atoms with van der Waals surface area (Å²) >= 11 is 0. The second-order valence-corrected chi connectivity index (χ2v) is 7.28. The van der Waals surface area contributed by atoms with Crippen molar-refractivity contribution in [2.45, 2.75) is 38.3 Å². The minimum Gasteiger partial charge on any atom is -0.494 e. The van der Waals surface area contributed by atoms with Crippen LogP contribution in [0.5, 0.6) is 5.75 Å². The normalized spacial score (nSPS) is 21.0. The summed E-state index contributed by atoms with van der Waals surface area (Å²) in [4.78, 5) is 13.9. The van der Waals surface area contributed by atoms with Gasteiger partial charge < -0.3 is 9.64 Å². The molecule has 138 valence electrons. The molecule has 0 N–H and O–H groups in total. The van der Waals surface area contributed by atoms with Crippen molar-refractivity contribution in [2.75, 3.05) is 31.6 Å². The summed E-state index contributed by atoms with van der Waals surface area (Å²) in [5, 5.41) is 0. The molecule has 2 aromatic rings. The fourth-order valence-corrected chi connectivity index (χ4v) is 3.56. The van der Waals surface area contributed by atoms with Gasteiger partial charge in [0.25, 0.3) is 0 Å². The Kier molecular flexibility index (Phi) is 4.76. The SMILES string of the molecule is COc1ccc(CN2CCN(c3ccnc(C4CC4)n3)CC2C)cc1F. The number of hydrogen-bond donors (Lipinski definition) is 0. The first-order valence-electron chi connectivity index (χ1n) is 9.28. The first-order valence-corrected chi connectivity index (χ1v) is 9.28. The van der Waals surface area contributed by atoms with Crippen molar-refractivity contribution in [3.63, 3.8) is 0 Å². The van der Waals surface area contributed by atoms with Crippen LogP contribution < -0.4 is 9.64 Å². The number of aromatic nitrogens is 2. The summed E-state index contributed by atoms with van der Waals surface area (Å²) in [7, 11) is 1.49. The van der Waals surface area contributed by atoms with Gasteiger partial charge in [0.05, 0.1) is 7.11 Å². The predicted octanol–water partition coefficient (Wildman–Crippen LogP) is 3.21. The molecule has 1 saturated carbocycles. The van der Waals surface area contributed by atoms with Gasteiger partial charge in [-0.05, 0) is 43.5 Å². The number of halogens is 1. The molecule has 0 radical (unpaired) electrons. The van der Waals surface area contributed by atoms with Gasteiger partial charge in [-0.1, -0.05) is 6.07 Å². The Morgan fingerprint density at radius 1 is 1.23 bits per heavy atom. The van der Waals surface area contributed by atoms with Gasteiger partial charge in [0.1, 0.15) is 11.6 Å². The van der Waals surface area contributed by atoms with Gasteiger partial charge >= 0.3 is 0 Å². The Balaban J connectivity index is 1.40. The topological polar surface area (TPSA) is 41.5 Å². The molecule has 1 atom stereocenters. The van der Waals surface area contributed by atoms with E-state index in [1.54, 1.807) is 12.1 Å². The number of piperazine rings is 1. The van der Waals surface area contributed by atoms with Crippen molar-refractivity contribution in [3.05, 3.63) is 47.7 Å². The van der Waals surface area contributed by atoms with E-state index in [0.717, 1.165) is 43.4 Å². The van der Waals surface area contributed by atoms with Crippen molar-refractivity contribution < 1.29 is 9.13 Å². The lowest BCUT2D eigenvalue weighted by Crippen LogP contribution is -2.51. The van der Waals surface area contributed by atoms with E-state index in [0.29, 0.717) is 17.7 Å². The second kappa shape index (κ2) is 7.19. The van der Waals surface area contributed by atoms with Gasteiger partial charge in [-0.2, -0.15) is 0 Å². The van der Waals surface area contributed by atoms with E-state index in [-0.39, 0.29) is 5.82 Å². The minimum absolute atomic E-state index is 0.293. The van der Waals surface area contributed by atoms with E-state index in [9.17, 15) is 4.39 Å². The Morgan fingerprint density at radius 3 is 2.77 bits per heavy atom. The van der Waals surface area contributed by atoms with Crippen LogP contribution in [0.15, 0.2) is 30.5 Å². The molecule has 0 spiro atoms. The predicted molar refractivity (Wildman–Crippen MR) is 99.0 cm³/mol. The minimum atomic E-state index is -0.301. The molecule has 1 aliphatic carbocycles. The van der Waals surface area contributed by atoms with Crippen molar-refractivity contribution in [1.82, 2.24) is 14.9 Å². The lowest BCUT2D eigenvalue weighted by Gasteiger charge is -2.40. The third-order valence-corrected chi connectivity index (χ3v) is 5.29. The van der Waals surface area contributed by atoms with Crippen LogP contribution in [0.2, 0.25) is 0 Å². The summed E-state index contributed by atoms with van der Waals surface area (Å²) in [5.74, 6) is 2.58. The summed E-state index contributed by atoms with van der Waals surface area (Å²) in [6.07, 6.45) is 4.31. The third kappa shape index (κ3) is 3.65. The summed E-state index contributed by atoms with van der Waals surface area (Å²) in [6, 6.07) is 7.59. The largest absolute Gasteiger partial charge is 0.494 e. The van der Waals surface area contributed by atoms with Crippen molar-refractivity contribution >= 4 is 5.82 Å². The van der Waals surface area contributed by atoms with Crippen LogP contribution in [0.1, 0.15) is 37.1 Å². The van der Waals surface area contributed by atoms with E-state index in [1.807, 2.05) is 18.3 Å². The molecule has 2 aliphatic rings. The van der Waals surface area contributed by atoms with Gasteiger partial charge in [0.2, 0.25) is 0 Å². The van der Waals surface area contributed by atoms with E-state index >= 15 is 0 Å². The van der Waals surface area contributed by atoms with Gasteiger partial charge in [-0.3, -0.25) is 4.90 Å². The molecule has 4 rings (SSSR count). The average molecular weight is 356 g/mol. The highest BCUT2D eigenvalue weighted by molar-refractivity contribution is 5.39. The molecule has 1 unspecified atom stereocenters. The first kappa shape index (κ1) is 17.2. The van der Waals surface area contributed by atoms with Crippen LogP contribution >= 0.6 is 0 Å². The fourth-order valence-electron chi connectivity index (χ4n) is 3.56. The summed E-state index contributed by atoms with van der Waals surface area (Å²) in [6.45, 7) is 5.73. The lowest BCUT2D eigenvalue weighted by molar-refractivity contribution is 0.180. The maximum atomic E-state index is 13.9. The Labute approximate surface area is 153 Å². The van der Waals surface area contributed by atoms with Gasteiger partial charge in [0.15, 0.2) is 11.6 Å². The summed E-state index contributed by atoms with van der Waals surface area (Å²) < 4.78 is 18.9. The van der Waals surface area contributed by atoms with Crippen molar-refractivity contribution in [3.8, 4) is 5.75 Å². The van der Waals surface area contributed by atoms with E-state index in [4.69, 9.17) is 9.72 Å². The molecule has 1 saturated heterocycles. The van der Waals surface area contributed by atoms with Crippen LogP contribution in [0.4, 0.5) is 10.2 Å². The molecule has 2 fully saturated rings. The number of hydrogen-bond acceptors (Lipinski definition) is 5. The van der Waals surface area contributed by atoms with E-state index < -0.39 is 0 Å².